The van der Waals surface area contributed by atoms with Crippen LogP contribution in [0.15, 0.2) is 12.4 Å². The Morgan fingerprint density at radius 3 is 2.23 bits per heavy atom. The van der Waals surface area contributed by atoms with Crippen molar-refractivity contribution < 1.29 is 18.0 Å². The van der Waals surface area contributed by atoms with Gasteiger partial charge in [0.25, 0.3) is 5.91 Å². The molecule has 2 fully saturated rings. The molecule has 8 nitrogen and oxygen atoms in total. The normalized spacial score (nSPS) is 24.6. The van der Waals surface area contributed by atoms with Gasteiger partial charge in [-0.1, -0.05) is 13.8 Å². The second-order valence-corrected chi connectivity index (χ2v) is 9.57. The van der Waals surface area contributed by atoms with E-state index in [-0.39, 0.29) is 29.2 Å². The van der Waals surface area contributed by atoms with Crippen molar-refractivity contribution in [1.82, 2.24) is 19.8 Å². The highest BCUT2D eigenvalue weighted by Crippen LogP contribution is 2.29. The molecule has 1 aromatic heterocycles. The summed E-state index contributed by atoms with van der Waals surface area (Å²) in [5.74, 6) is 0.235. The number of rotatable bonds is 3. The monoisotopic (exact) mass is 380 g/mol. The topological polar surface area (TPSA) is 101 Å². The third kappa shape index (κ3) is 3.72. The van der Waals surface area contributed by atoms with Crippen LogP contribution in [0.2, 0.25) is 0 Å². The lowest BCUT2D eigenvalue weighted by atomic mass is 10.0. The van der Waals surface area contributed by atoms with Crippen LogP contribution in [0.5, 0.6) is 0 Å². The summed E-state index contributed by atoms with van der Waals surface area (Å²) in [4.78, 5) is 36.7. The Morgan fingerprint density at radius 2 is 1.65 bits per heavy atom. The van der Waals surface area contributed by atoms with Crippen LogP contribution in [0.25, 0.3) is 0 Å². The molecule has 26 heavy (non-hydrogen) atoms. The van der Waals surface area contributed by atoms with Crippen molar-refractivity contribution >= 4 is 21.7 Å². The van der Waals surface area contributed by atoms with E-state index >= 15 is 0 Å². The highest BCUT2D eigenvalue weighted by molar-refractivity contribution is 7.91. The van der Waals surface area contributed by atoms with Gasteiger partial charge in [-0.2, -0.15) is 0 Å². The van der Waals surface area contributed by atoms with Gasteiger partial charge in [-0.3, -0.25) is 9.59 Å². The summed E-state index contributed by atoms with van der Waals surface area (Å²) >= 11 is 0. The second kappa shape index (κ2) is 6.94. The largest absolute Gasteiger partial charge is 0.335 e. The highest BCUT2D eigenvalue weighted by atomic mass is 32.2. The van der Waals surface area contributed by atoms with E-state index < -0.39 is 21.9 Å². The predicted octanol–water partition coefficient (Wildman–Crippen LogP) is 0.281. The lowest BCUT2D eigenvalue weighted by Crippen LogP contribution is -2.62. The molecule has 2 atom stereocenters. The molecular formula is C17H24N4O4S. The summed E-state index contributed by atoms with van der Waals surface area (Å²) in [6.07, 6.45) is 3.29. The summed E-state index contributed by atoms with van der Waals surface area (Å²) in [5.41, 5.74) is 0.334. The average Bonchev–Trinajstić information content (AvgIpc) is 2.88. The first kappa shape index (κ1) is 18.8. The van der Waals surface area contributed by atoms with Crippen LogP contribution >= 0.6 is 0 Å². The van der Waals surface area contributed by atoms with Gasteiger partial charge in [0, 0.05) is 31.9 Å². The maximum Gasteiger partial charge on any atom is 0.257 e. The van der Waals surface area contributed by atoms with Crippen LogP contribution in [0.3, 0.4) is 0 Å². The average molecular weight is 380 g/mol. The lowest BCUT2D eigenvalue weighted by Gasteiger charge is -2.44. The molecule has 1 aromatic rings. The number of hydrogen-bond donors (Lipinski definition) is 0. The number of nitrogens with zero attached hydrogens (tertiary/aromatic N) is 4. The van der Waals surface area contributed by atoms with Crippen molar-refractivity contribution in [2.45, 2.75) is 39.3 Å². The van der Waals surface area contributed by atoms with Gasteiger partial charge in [0.05, 0.1) is 29.2 Å². The maximum atomic E-state index is 12.9. The minimum Gasteiger partial charge on any atom is -0.335 e. The fraction of sp³-hybridized carbons (Fsp3) is 0.647. The first-order valence-corrected chi connectivity index (χ1v) is 10.6. The van der Waals surface area contributed by atoms with E-state index in [2.05, 4.69) is 9.97 Å². The number of fused-ring (bicyclic) bond motifs is 1. The molecule has 0 bridgehead atoms. The smallest absolute Gasteiger partial charge is 0.257 e. The zero-order valence-electron chi connectivity index (χ0n) is 15.3. The summed E-state index contributed by atoms with van der Waals surface area (Å²) in [6, 6.07) is -0.992. The van der Waals surface area contributed by atoms with Crippen molar-refractivity contribution in [3.05, 3.63) is 23.8 Å². The van der Waals surface area contributed by atoms with Crippen LogP contribution in [-0.2, 0) is 14.6 Å². The summed E-state index contributed by atoms with van der Waals surface area (Å²) < 4.78 is 24.5. The molecule has 0 N–H and O–H groups in total. The molecule has 0 unspecified atom stereocenters. The number of carbonyl (C=O) groups excluding carboxylic acids is 2. The van der Waals surface area contributed by atoms with Crippen molar-refractivity contribution in [2.75, 3.05) is 24.6 Å². The summed E-state index contributed by atoms with van der Waals surface area (Å²) in [5, 5.41) is 0. The molecule has 9 heteroatoms. The molecule has 2 amide bonds. The van der Waals surface area contributed by atoms with E-state index in [9.17, 15) is 18.0 Å². The maximum absolute atomic E-state index is 12.9. The van der Waals surface area contributed by atoms with Crippen LogP contribution < -0.4 is 0 Å². The lowest BCUT2D eigenvalue weighted by molar-refractivity contribution is -0.137. The number of amides is 2. The van der Waals surface area contributed by atoms with E-state index in [1.54, 1.807) is 16.7 Å². The van der Waals surface area contributed by atoms with E-state index in [1.807, 2.05) is 13.8 Å². The Kier molecular flexibility index (Phi) is 5.01. The van der Waals surface area contributed by atoms with Crippen LogP contribution in [0.1, 0.15) is 36.5 Å². The number of hydrogen-bond acceptors (Lipinski definition) is 6. The molecule has 3 heterocycles. The molecule has 142 valence electrons. The van der Waals surface area contributed by atoms with Gasteiger partial charge in [0.2, 0.25) is 5.91 Å². The fourth-order valence-corrected chi connectivity index (χ4v) is 5.63. The van der Waals surface area contributed by atoms with Gasteiger partial charge in [-0.25, -0.2) is 18.4 Å². The molecule has 0 spiro atoms. The number of aromatic nitrogens is 2. The predicted molar refractivity (Wildman–Crippen MR) is 95.2 cm³/mol. The van der Waals surface area contributed by atoms with Gasteiger partial charge in [-0.05, 0) is 12.8 Å². The van der Waals surface area contributed by atoms with Crippen molar-refractivity contribution in [3.63, 3.8) is 0 Å². The van der Waals surface area contributed by atoms with Gasteiger partial charge >= 0.3 is 0 Å². The Balaban J connectivity index is 1.85. The Labute approximate surface area is 153 Å². The van der Waals surface area contributed by atoms with E-state index in [0.717, 1.165) is 0 Å². The van der Waals surface area contributed by atoms with Gasteiger partial charge < -0.3 is 9.80 Å². The SMILES string of the molecule is Cc1ncc(C(=O)N2CCN(C(=O)CC(C)C)[C@@H]3CS(=O)(=O)C[C@@H]32)cn1. The number of piperazine rings is 1. The van der Waals surface area contributed by atoms with Crippen molar-refractivity contribution in [3.8, 4) is 0 Å². The molecule has 0 aliphatic carbocycles. The zero-order valence-corrected chi connectivity index (χ0v) is 16.1. The Bertz CT molecular complexity index is 807. The van der Waals surface area contributed by atoms with E-state index in [0.29, 0.717) is 30.9 Å². The number of sulfone groups is 1. The first-order valence-electron chi connectivity index (χ1n) is 8.77. The zero-order chi connectivity index (χ0) is 19.1. The third-order valence-electron chi connectivity index (χ3n) is 4.87. The van der Waals surface area contributed by atoms with Gasteiger partial charge in [0.1, 0.15) is 5.82 Å². The molecule has 0 saturated carbocycles. The summed E-state index contributed by atoms with van der Waals surface area (Å²) in [6.45, 7) is 6.30. The molecule has 2 saturated heterocycles. The Hall–Kier alpha value is -2.03. The Morgan fingerprint density at radius 1 is 1.12 bits per heavy atom. The van der Waals surface area contributed by atoms with Gasteiger partial charge in [-0.15, -0.1) is 0 Å². The molecule has 0 aromatic carbocycles. The molecule has 3 rings (SSSR count). The number of aryl methyl sites for hydroxylation is 1. The van der Waals surface area contributed by atoms with Crippen LogP contribution in [-0.4, -0.2) is 76.7 Å². The molecule has 2 aliphatic rings. The highest BCUT2D eigenvalue weighted by Gasteiger charge is 2.49. The standard InChI is InChI=1S/C17H24N4O4S/c1-11(2)6-16(22)20-4-5-21(15-10-26(24,25)9-14(15)20)17(23)13-7-18-12(3)19-8-13/h7-8,11,14-15H,4-6,9-10H2,1-3H3/t14-,15+/m1/s1. The second-order valence-electron chi connectivity index (χ2n) is 7.41. The first-order chi connectivity index (χ1) is 12.2. The molecule has 2 aliphatic heterocycles. The summed E-state index contributed by atoms with van der Waals surface area (Å²) in [7, 11) is -3.30. The van der Waals surface area contributed by atoms with Crippen LogP contribution in [0.4, 0.5) is 0 Å². The minimum absolute atomic E-state index is 0.0436. The molecule has 0 radical (unpaired) electrons. The van der Waals surface area contributed by atoms with Crippen LogP contribution in [0, 0.1) is 12.8 Å². The minimum atomic E-state index is -3.30. The molecular weight excluding hydrogens is 356 g/mol. The number of carbonyl (C=O) groups is 2. The van der Waals surface area contributed by atoms with E-state index in [1.165, 1.54) is 12.4 Å². The van der Waals surface area contributed by atoms with E-state index in [4.69, 9.17) is 0 Å². The third-order valence-corrected chi connectivity index (χ3v) is 6.57. The van der Waals surface area contributed by atoms with Gasteiger partial charge in [0.15, 0.2) is 9.84 Å². The van der Waals surface area contributed by atoms with Crippen molar-refractivity contribution in [1.29, 1.82) is 0 Å². The quantitative estimate of drug-likeness (QED) is 0.747. The fourth-order valence-electron chi connectivity index (χ4n) is 3.65. The van der Waals surface area contributed by atoms with Crippen molar-refractivity contribution in [2.24, 2.45) is 5.92 Å².